The van der Waals surface area contributed by atoms with Crippen LogP contribution in [-0.2, 0) is 22.9 Å². The lowest BCUT2D eigenvalue weighted by atomic mass is 9.92. The lowest BCUT2D eigenvalue weighted by Crippen LogP contribution is -2.39. The second kappa shape index (κ2) is 9.38. The first-order valence-electron chi connectivity index (χ1n) is 11.7. The molecule has 0 saturated carbocycles. The number of piperidine rings is 1. The van der Waals surface area contributed by atoms with E-state index in [2.05, 4.69) is 10.1 Å². The molecule has 1 atom stereocenters. The largest absolute Gasteiger partial charge is 0.493 e. The Hall–Kier alpha value is -2.91. The van der Waals surface area contributed by atoms with Crippen molar-refractivity contribution in [3.8, 4) is 22.9 Å². The molecule has 0 radical (unpaired) electrons. The minimum atomic E-state index is -3.59. The van der Waals surface area contributed by atoms with Crippen molar-refractivity contribution in [2.24, 2.45) is 0 Å². The van der Waals surface area contributed by atoms with Gasteiger partial charge in [-0.2, -0.15) is 9.29 Å². The summed E-state index contributed by atoms with van der Waals surface area (Å²) in [4.78, 5) is 4.97. The van der Waals surface area contributed by atoms with E-state index < -0.39 is 10.0 Å². The monoisotopic (exact) mass is 483 g/mol. The summed E-state index contributed by atoms with van der Waals surface area (Å²) in [7, 11) is -0.433. The van der Waals surface area contributed by atoms with E-state index in [0.29, 0.717) is 41.2 Å². The van der Waals surface area contributed by atoms with Gasteiger partial charge >= 0.3 is 0 Å². The maximum absolute atomic E-state index is 13.4. The summed E-state index contributed by atoms with van der Waals surface area (Å²) >= 11 is 0. The molecule has 1 aliphatic carbocycles. The summed E-state index contributed by atoms with van der Waals surface area (Å²) in [6.07, 6.45) is 5.79. The number of rotatable bonds is 6. The van der Waals surface area contributed by atoms with Gasteiger partial charge in [-0.15, -0.1) is 0 Å². The molecular weight excluding hydrogens is 454 g/mol. The fourth-order valence-corrected chi connectivity index (χ4v) is 6.45. The molecule has 1 aliphatic heterocycles. The number of benzene rings is 2. The molecule has 8 nitrogen and oxygen atoms in total. The number of hydrogen-bond acceptors (Lipinski definition) is 7. The molecule has 0 spiro atoms. The van der Waals surface area contributed by atoms with Gasteiger partial charge in [0.2, 0.25) is 21.7 Å². The Bertz CT molecular complexity index is 1290. The summed E-state index contributed by atoms with van der Waals surface area (Å²) in [5.74, 6) is 1.93. The molecule has 1 unspecified atom stereocenters. The Morgan fingerprint density at radius 3 is 2.56 bits per heavy atom. The van der Waals surface area contributed by atoms with Gasteiger partial charge in [0.05, 0.1) is 25.0 Å². The quantitative estimate of drug-likeness (QED) is 0.518. The zero-order chi connectivity index (χ0) is 23.7. The lowest BCUT2D eigenvalue weighted by Gasteiger charge is -2.30. The van der Waals surface area contributed by atoms with E-state index in [1.54, 1.807) is 36.7 Å². The average molecular weight is 484 g/mol. The first-order valence-corrected chi connectivity index (χ1v) is 13.1. The number of hydrogen-bond donors (Lipinski definition) is 0. The minimum absolute atomic E-state index is 0.150. The smallest absolute Gasteiger partial charge is 0.243 e. The Labute approximate surface area is 199 Å². The van der Waals surface area contributed by atoms with Gasteiger partial charge in [-0.05, 0) is 80.0 Å². The number of fused-ring (bicyclic) bond motifs is 1. The molecule has 5 rings (SSSR count). The number of methoxy groups -OCH3 is 2. The van der Waals surface area contributed by atoms with Crippen LogP contribution in [0.5, 0.6) is 11.5 Å². The Morgan fingerprint density at radius 2 is 1.76 bits per heavy atom. The topological polar surface area (TPSA) is 94.8 Å². The van der Waals surface area contributed by atoms with Crippen LogP contribution in [-0.4, -0.2) is 50.2 Å². The molecule has 0 amide bonds. The third kappa shape index (κ3) is 4.30. The van der Waals surface area contributed by atoms with Crippen LogP contribution in [0.15, 0.2) is 45.8 Å². The molecule has 0 bridgehead atoms. The fraction of sp³-hybridized carbons (Fsp3) is 0.440. The summed E-state index contributed by atoms with van der Waals surface area (Å²) in [5.41, 5.74) is 3.18. The van der Waals surface area contributed by atoms with E-state index in [0.717, 1.165) is 43.2 Å². The van der Waals surface area contributed by atoms with E-state index in [1.165, 1.54) is 12.0 Å². The number of ether oxygens (including phenoxy) is 2. The molecule has 9 heteroatoms. The van der Waals surface area contributed by atoms with Crippen molar-refractivity contribution in [2.45, 2.75) is 49.3 Å². The lowest BCUT2D eigenvalue weighted by molar-refractivity contribution is 0.265. The highest BCUT2D eigenvalue weighted by atomic mass is 32.2. The third-order valence-corrected chi connectivity index (χ3v) is 8.64. The van der Waals surface area contributed by atoms with Gasteiger partial charge in [0, 0.05) is 18.7 Å². The van der Waals surface area contributed by atoms with E-state index in [-0.39, 0.29) is 5.92 Å². The molecule has 1 aromatic heterocycles. The number of sulfonamides is 1. The van der Waals surface area contributed by atoms with E-state index in [1.807, 2.05) is 18.2 Å². The second-order valence-corrected chi connectivity index (χ2v) is 10.8. The Balaban J connectivity index is 1.36. The molecule has 180 valence electrons. The van der Waals surface area contributed by atoms with Gasteiger partial charge in [-0.3, -0.25) is 0 Å². The zero-order valence-electron chi connectivity index (χ0n) is 19.5. The van der Waals surface area contributed by atoms with Gasteiger partial charge in [-0.1, -0.05) is 11.2 Å². The van der Waals surface area contributed by atoms with Crippen LogP contribution < -0.4 is 9.47 Å². The number of aromatic nitrogens is 2. The SMILES string of the molecule is COc1ccc(-c2noc(C3CCCN(S(=O)(=O)c4ccc5c(c4)CCCC5)C3)n2)cc1OC. The van der Waals surface area contributed by atoms with Crippen LogP contribution >= 0.6 is 0 Å². The molecular formula is C25H29N3O5S. The predicted octanol–water partition coefficient (Wildman–Crippen LogP) is 4.20. The van der Waals surface area contributed by atoms with Crippen LogP contribution in [0.25, 0.3) is 11.4 Å². The summed E-state index contributed by atoms with van der Waals surface area (Å²) in [6, 6.07) is 11.0. The van der Waals surface area contributed by atoms with Gasteiger partial charge in [0.15, 0.2) is 11.5 Å². The zero-order valence-corrected chi connectivity index (χ0v) is 20.3. The van der Waals surface area contributed by atoms with Crippen LogP contribution in [0.1, 0.15) is 48.6 Å². The van der Waals surface area contributed by atoms with Crippen molar-refractivity contribution in [3.63, 3.8) is 0 Å². The van der Waals surface area contributed by atoms with Crippen LogP contribution in [0, 0.1) is 0 Å². The molecule has 2 heterocycles. The third-order valence-electron chi connectivity index (χ3n) is 6.77. The summed E-state index contributed by atoms with van der Waals surface area (Å²) < 4.78 is 44.7. The van der Waals surface area contributed by atoms with Crippen LogP contribution in [0.2, 0.25) is 0 Å². The fourth-order valence-electron chi connectivity index (χ4n) is 4.88. The van der Waals surface area contributed by atoms with Gasteiger partial charge < -0.3 is 14.0 Å². The first-order chi connectivity index (χ1) is 16.5. The summed E-state index contributed by atoms with van der Waals surface area (Å²) in [6.45, 7) is 0.819. The highest BCUT2D eigenvalue weighted by Gasteiger charge is 2.34. The standard InChI is InChI=1S/C25H29N3O5S/c1-31-22-12-10-19(15-23(22)32-2)24-26-25(33-27-24)20-8-5-13-28(16-20)34(29,30)21-11-9-17-6-3-4-7-18(17)14-21/h9-12,14-15,20H,3-8,13,16H2,1-2H3. The first kappa shape index (κ1) is 22.9. The van der Waals surface area contributed by atoms with Crippen molar-refractivity contribution in [1.29, 1.82) is 0 Å². The van der Waals surface area contributed by atoms with Crippen molar-refractivity contribution >= 4 is 10.0 Å². The van der Waals surface area contributed by atoms with Crippen molar-refractivity contribution in [1.82, 2.24) is 14.4 Å². The van der Waals surface area contributed by atoms with E-state index in [9.17, 15) is 8.42 Å². The molecule has 34 heavy (non-hydrogen) atoms. The molecule has 2 aromatic carbocycles. The average Bonchev–Trinajstić information content (AvgIpc) is 3.38. The van der Waals surface area contributed by atoms with Gasteiger partial charge in [-0.25, -0.2) is 8.42 Å². The predicted molar refractivity (Wildman–Crippen MR) is 127 cm³/mol. The molecule has 1 saturated heterocycles. The van der Waals surface area contributed by atoms with Gasteiger partial charge in [0.25, 0.3) is 0 Å². The van der Waals surface area contributed by atoms with E-state index in [4.69, 9.17) is 14.0 Å². The highest BCUT2D eigenvalue weighted by molar-refractivity contribution is 7.89. The van der Waals surface area contributed by atoms with E-state index >= 15 is 0 Å². The molecule has 2 aliphatic rings. The van der Waals surface area contributed by atoms with Gasteiger partial charge in [0.1, 0.15) is 0 Å². The maximum Gasteiger partial charge on any atom is 0.243 e. The second-order valence-electron chi connectivity index (χ2n) is 8.87. The number of nitrogens with zero attached hydrogens (tertiary/aromatic N) is 3. The Morgan fingerprint density at radius 1 is 0.971 bits per heavy atom. The van der Waals surface area contributed by atoms with Crippen molar-refractivity contribution in [3.05, 3.63) is 53.4 Å². The molecule has 1 fully saturated rings. The van der Waals surface area contributed by atoms with Crippen molar-refractivity contribution < 1.29 is 22.4 Å². The number of aryl methyl sites for hydroxylation is 2. The van der Waals surface area contributed by atoms with Crippen LogP contribution in [0.4, 0.5) is 0 Å². The van der Waals surface area contributed by atoms with Crippen molar-refractivity contribution in [2.75, 3.05) is 27.3 Å². The maximum atomic E-state index is 13.4. The van der Waals surface area contributed by atoms with Crippen LogP contribution in [0.3, 0.4) is 0 Å². The summed E-state index contributed by atoms with van der Waals surface area (Å²) in [5, 5.41) is 4.14. The highest BCUT2D eigenvalue weighted by Crippen LogP contribution is 2.34. The minimum Gasteiger partial charge on any atom is -0.493 e. The Kier molecular flexibility index (Phi) is 6.31. The molecule has 0 N–H and O–H groups in total. The molecule has 3 aromatic rings. The normalized spacial score (nSPS) is 18.9.